The molecule has 0 fully saturated rings. The van der Waals surface area contributed by atoms with Crippen LogP contribution < -0.4 is 15.8 Å². The van der Waals surface area contributed by atoms with Gasteiger partial charge in [0.15, 0.2) is 6.61 Å². The van der Waals surface area contributed by atoms with Crippen molar-refractivity contribution in [1.29, 1.82) is 0 Å². The molecule has 0 heterocycles. The van der Waals surface area contributed by atoms with Gasteiger partial charge in [0, 0.05) is 0 Å². The van der Waals surface area contributed by atoms with Gasteiger partial charge in [-0.3, -0.25) is 10.1 Å². The number of aliphatic hydroxyl groups excluding tert-OH is 1. The first kappa shape index (κ1) is 14.0. The molecule has 6 nitrogen and oxygen atoms in total. The van der Waals surface area contributed by atoms with E-state index in [9.17, 15) is 14.7 Å². The third-order valence-electron chi connectivity index (χ3n) is 2.28. The normalized spacial score (nSPS) is 11.7. The van der Waals surface area contributed by atoms with Gasteiger partial charge in [-0.1, -0.05) is 19.1 Å². The molecule has 98 valence electrons. The molecular formula is C12H16N2O4. The van der Waals surface area contributed by atoms with Crippen LogP contribution in [0, 0.1) is 0 Å². The molecule has 0 saturated heterocycles. The maximum atomic E-state index is 11.1. The third-order valence-corrected chi connectivity index (χ3v) is 2.28. The summed E-state index contributed by atoms with van der Waals surface area (Å²) in [5.41, 5.74) is 5.56. The number of benzene rings is 1. The summed E-state index contributed by atoms with van der Waals surface area (Å²) in [7, 11) is 0. The molecule has 0 radical (unpaired) electrons. The zero-order valence-corrected chi connectivity index (χ0v) is 10.1. The first-order valence-corrected chi connectivity index (χ1v) is 5.53. The second kappa shape index (κ2) is 6.61. The number of nitrogens with one attached hydrogen (secondary N) is 1. The standard InChI is InChI=1S/C12H16N2O4/c1-2-10(15)8-3-5-9(6-4-8)18-7-11(16)14-12(13)17/h3-6,10,15H,2,7H2,1H3,(H3,13,14,16,17)/t10-/m0/s1. The quantitative estimate of drug-likeness (QED) is 0.718. The van der Waals surface area contributed by atoms with Crippen LogP contribution in [-0.2, 0) is 4.79 Å². The van der Waals surface area contributed by atoms with Crippen LogP contribution in [0.25, 0.3) is 0 Å². The van der Waals surface area contributed by atoms with Gasteiger partial charge >= 0.3 is 6.03 Å². The molecule has 0 saturated carbocycles. The van der Waals surface area contributed by atoms with E-state index in [2.05, 4.69) is 0 Å². The van der Waals surface area contributed by atoms with Crippen molar-refractivity contribution in [2.45, 2.75) is 19.4 Å². The van der Waals surface area contributed by atoms with Crippen molar-refractivity contribution in [3.8, 4) is 5.75 Å². The summed E-state index contributed by atoms with van der Waals surface area (Å²) in [6.07, 6.45) is 0.124. The minimum Gasteiger partial charge on any atom is -0.484 e. The Balaban J connectivity index is 2.49. The first-order chi connectivity index (χ1) is 8.52. The molecule has 0 aliphatic rings. The maximum Gasteiger partial charge on any atom is 0.318 e. The summed E-state index contributed by atoms with van der Waals surface area (Å²) >= 11 is 0. The number of carbonyl (C=O) groups excluding carboxylic acids is 2. The summed E-state index contributed by atoms with van der Waals surface area (Å²) in [6.45, 7) is 1.59. The fourth-order valence-electron chi connectivity index (χ4n) is 1.34. The number of carbonyl (C=O) groups is 2. The average molecular weight is 252 g/mol. The number of ether oxygens (including phenoxy) is 1. The van der Waals surface area contributed by atoms with Crippen molar-refractivity contribution in [2.75, 3.05) is 6.61 Å². The summed E-state index contributed by atoms with van der Waals surface area (Å²) < 4.78 is 5.14. The number of primary amides is 1. The Labute approximate surface area is 105 Å². The molecule has 4 N–H and O–H groups in total. The van der Waals surface area contributed by atoms with Gasteiger partial charge in [0.05, 0.1) is 6.10 Å². The molecule has 0 bridgehead atoms. The van der Waals surface area contributed by atoms with E-state index >= 15 is 0 Å². The van der Waals surface area contributed by atoms with Crippen molar-refractivity contribution >= 4 is 11.9 Å². The zero-order valence-electron chi connectivity index (χ0n) is 10.1. The van der Waals surface area contributed by atoms with E-state index in [1.54, 1.807) is 24.3 Å². The predicted octanol–water partition coefficient (Wildman–Crippen LogP) is 0.704. The van der Waals surface area contributed by atoms with Crippen LogP contribution in [0.15, 0.2) is 24.3 Å². The van der Waals surface area contributed by atoms with Crippen LogP contribution >= 0.6 is 0 Å². The molecule has 1 atom stereocenters. The lowest BCUT2D eigenvalue weighted by molar-refractivity contribution is -0.121. The van der Waals surface area contributed by atoms with Gasteiger partial charge in [0.2, 0.25) is 0 Å². The SMILES string of the molecule is CC[C@H](O)c1ccc(OCC(=O)NC(N)=O)cc1. The number of hydrogen-bond acceptors (Lipinski definition) is 4. The Morgan fingerprint density at radius 1 is 1.39 bits per heavy atom. The highest BCUT2D eigenvalue weighted by atomic mass is 16.5. The molecule has 1 aromatic rings. The monoisotopic (exact) mass is 252 g/mol. The highest BCUT2D eigenvalue weighted by molar-refractivity contribution is 5.94. The maximum absolute atomic E-state index is 11.1. The van der Waals surface area contributed by atoms with E-state index in [-0.39, 0.29) is 6.61 Å². The highest BCUT2D eigenvalue weighted by Crippen LogP contribution is 2.19. The Morgan fingerprint density at radius 2 is 2.00 bits per heavy atom. The lowest BCUT2D eigenvalue weighted by atomic mass is 10.1. The Bertz CT molecular complexity index is 417. The number of urea groups is 1. The Hall–Kier alpha value is -2.08. The second-order valence-electron chi connectivity index (χ2n) is 3.69. The Morgan fingerprint density at radius 3 is 2.50 bits per heavy atom. The van der Waals surface area contributed by atoms with Crippen LogP contribution in [0.4, 0.5) is 4.79 Å². The van der Waals surface area contributed by atoms with E-state index in [0.29, 0.717) is 12.2 Å². The van der Waals surface area contributed by atoms with Crippen molar-refractivity contribution in [3.63, 3.8) is 0 Å². The summed E-state index contributed by atoms with van der Waals surface area (Å²) in [5, 5.41) is 11.5. The van der Waals surface area contributed by atoms with E-state index in [1.165, 1.54) is 0 Å². The molecule has 1 rings (SSSR count). The summed E-state index contributed by atoms with van der Waals surface area (Å²) in [6, 6.07) is 5.81. The van der Waals surface area contributed by atoms with Gasteiger partial charge in [-0.25, -0.2) is 4.79 Å². The molecule has 0 spiro atoms. The smallest absolute Gasteiger partial charge is 0.318 e. The Kier molecular flexibility index (Phi) is 5.13. The number of imide groups is 1. The van der Waals surface area contributed by atoms with E-state index < -0.39 is 18.0 Å². The second-order valence-corrected chi connectivity index (χ2v) is 3.69. The molecule has 0 aliphatic carbocycles. The summed E-state index contributed by atoms with van der Waals surface area (Å²) in [5.74, 6) is -0.137. The molecule has 3 amide bonds. The zero-order chi connectivity index (χ0) is 13.5. The molecule has 18 heavy (non-hydrogen) atoms. The minimum absolute atomic E-state index is 0.293. The van der Waals surface area contributed by atoms with Crippen LogP contribution in [0.5, 0.6) is 5.75 Å². The van der Waals surface area contributed by atoms with Crippen LogP contribution in [0.3, 0.4) is 0 Å². The topological polar surface area (TPSA) is 102 Å². The van der Waals surface area contributed by atoms with Crippen molar-refractivity contribution in [3.05, 3.63) is 29.8 Å². The summed E-state index contributed by atoms with van der Waals surface area (Å²) in [4.78, 5) is 21.5. The molecule has 0 unspecified atom stereocenters. The van der Waals surface area contributed by atoms with Gasteiger partial charge in [-0.05, 0) is 24.1 Å². The fourth-order valence-corrected chi connectivity index (χ4v) is 1.34. The molecule has 0 aromatic heterocycles. The predicted molar refractivity (Wildman–Crippen MR) is 64.9 cm³/mol. The minimum atomic E-state index is -0.912. The number of amides is 3. The van der Waals surface area contributed by atoms with Gasteiger partial charge in [-0.2, -0.15) is 0 Å². The average Bonchev–Trinajstić information content (AvgIpc) is 2.35. The fraction of sp³-hybridized carbons (Fsp3) is 0.333. The van der Waals surface area contributed by atoms with Crippen molar-refractivity contribution in [2.24, 2.45) is 5.73 Å². The molecule has 6 heteroatoms. The van der Waals surface area contributed by atoms with Crippen LogP contribution in [0.1, 0.15) is 25.0 Å². The van der Waals surface area contributed by atoms with E-state index in [0.717, 1.165) is 5.56 Å². The van der Waals surface area contributed by atoms with Gasteiger partial charge in [-0.15, -0.1) is 0 Å². The molecular weight excluding hydrogens is 236 g/mol. The first-order valence-electron chi connectivity index (χ1n) is 5.53. The molecule has 1 aromatic carbocycles. The largest absolute Gasteiger partial charge is 0.484 e. The number of rotatable bonds is 5. The van der Waals surface area contributed by atoms with Crippen molar-refractivity contribution < 1.29 is 19.4 Å². The molecule has 0 aliphatic heterocycles. The lowest BCUT2D eigenvalue weighted by Gasteiger charge is -2.09. The van der Waals surface area contributed by atoms with Gasteiger partial charge in [0.1, 0.15) is 5.75 Å². The highest BCUT2D eigenvalue weighted by Gasteiger charge is 2.07. The van der Waals surface area contributed by atoms with E-state index in [4.69, 9.17) is 10.5 Å². The van der Waals surface area contributed by atoms with E-state index in [1.807, 2.05) is 12.2 Å². The van der Waals surface area contributed by atoms with Crippen LogP contribution in [0.2, 0.25) is 0 Å². The number of hydrogen-bond donors (Lipinski definition) is 3. The third kappa shape index (κ3) is 4.42. The van der Waals surface area contributed by atoms with Crippen LogP contribution in [-0.4, -0.2) is 23.7 Å². The number of aliphatic hydroxyl groups is 1. The number of nitrogens with two attached hydrogens (primary N) is 1. The lowest BCUT2D eigenvalue weighted by Crippen LogP contribution is -2.38. The van der Waals surface area contributed by atoms with Gasteiger partial charge < -0.3 is 15.6 Å². The van der Waals surface area contributed by atoms with Gasteiger partial charge in [0.25, 0.3) is 5.91 Å². The van der Waals surface area contributed by atoms with Crippen molar-refractivity contribution in [1.82, 2.24) is 5.32 Å².